The Hall–Kier alpha value is -1.74. The highest BCUT2D eigenvalue weighted by Crippen LogP contribution is 2.32. The number of pyridine rings is 1. The summed E-state index contributed by atoms with van der Waals surface area (Å²) in [5.74, 6) is 2.01. The van der Waals surface area contributed by atoms with E-state index >= 15 is 0 Å². The van der Waals surface area contributed by atoms with Crippen LogP contribution in [-0.4, -0.2) is 19.2 Å². The zero-order valence-corrected chi connectivity index (χ0v) is 12.0. The lowest BCUT2D eigenvalue weighted by Crippen LogP contribution is -1.95. The van der Waals surface area contributed by atoms with Gasteiger partial charge in [0.15, 0.2) is 0 Å². The van der Waals surface area contributed by atoms with Crippen molar-refractivity contribution in [3.8, 4) is 22.8 Å². The van der Waals surface area contributed by atoms with E-state index in [9.17, 15) is 0 Å². The van der Waals surface area contributed by atoms with Gasteiger partial charge in [-0.15, -0.1) is 11.6 Å². The van der Waals surface area contributed by atoms with Crippen molar-refractivity contribution >= 4 is 11.6 Å². The molecule has 1 aromatic carbocycles. The summed E-state index contributed by atoms with van der Waals surface area (Å²) in [5.41, 5.74) is 3.72. The van der Waals surface area contributed by atoms with Gasteiger partial charge >= 0.3 is 0 Å². The number of alkyl halides is 1. The fraction of sp³-hybridized carbons (Fsp3) is 0.267. The van der Waals surface area contributed by atoms with Gasteiger partial charge in [0.2, 0.25) is 0 Å². The Labute approximate surface area is 118 Å². The molecule has 4 heteroatoms. The average Bonchev–Trinajstić information content (AvgIpc) is 2.46. The van der Waals surface area contributed by atoms with Crippen molar-refractivity contribution in [2.24, 2.45) is 0 Å². The second-order valence-electron chi connectivity index (χ2n) is 4.14. The van der Waals surface area contributed by atoms with E-state index in [0.717, 1.165) is 34.0 Å². The molecule has 0 N–H and O–H groups in total. The summed E-state index contributed by atoms with van der Waals surface area (Å²) in [6.45, 7) is 1.95. The van der Waals surface area contributed by atoms with Gasteiger partial charge in [-0.25, -0.2) is 0 Å². The minimum absolute atomic E-state index is 0.467. The molecule has 0 saturated heterocycles. The molecular formula is C15H16ClNO2. The lowest BCUT2D eigenvalue weighted by atomic mass is 10.1. The van der Waals surface area contributed by atoms with E-state index in [4.69, 9.17) is 21.1 Å². The first-order valence-corrected chi connectivity index (χ1v) is 6.48. The number of benzene rings is 1. The number of aryl methyl sites for hydroxylation is 1. The minimum Gasteiger partial charge on any atom is -0.497 e. The Kier molecular flexibility index (Phi) is 4.27. The molecule has 0 fully saturated rings. The Morgan fingerprint density at radius 1 is 1.11 bits per heavy atom. The van der Waals surface area contributed by atoms with Crippen molar-refractivity contribution in [3.05, 3.63) is 41.6 Å². The molecule has 0 bridgehead atoms. The smallest absolute Gasteiger partial charge is 0.128 e. The highest BCUT2D eigenvalue weighted by molar-refractivity contribution is 6.17. The SMILES string of the molecule is COc1ccc(OC)c(-c2ccc(CCl)c(C)n2)c1. The van der Waals surface area contributed by atoms with Gasteiger partial charge in [-0.05, 0) is 36.8 Å². The number of hydrogen-bond donors (Lipinski definition) is 0. The first-order chi connectivity index (χ1) is 9.19. The molecule has 2 rings (SSSR count). The van der Waals surface area contributed by atoms with E-state index in [0.29, 0.717) is 5.88 Å². The molecule has 3 nitrogen and oxygen atoms in total. The van der Waals surface area contributed by atoms with Gasteiger partial charge in [-0.1, -0.05) is 6.07 Å². The standard InChI is InChI=1S/C15H16ClNO2/c1-10-11(9-16)4-6-14(17-10)13-8-12(18-2)5-7-15(13)19-3/h4-8H,9H2,1-3H3. The first kappa shape index (κ1) is 13.7. The zero-order valence-electron chi connectivity index (χ0n) is 11.2. The zero-order chi connectivity index (χ0) is 13.8. The van der Waals surface area contributed by atoms with Gasteiger partial charge in [-0.3, -0.25) is 4.98 Å². The van der Waals surface area contributed by atoms with Gasteiger partial charge in [0, 0.05) is 17.1 Å². The topological polar surface area (TPSA) is 31.4 Å². The normalized spacial score (nSPS) is 10.3. The predicted molar refractivity (Wildman–Crippen MR) is 77.1 cm³/mol. The van der Waals surface area contributed by atoms with Crippen molar-refractivity contribution in [1.82, 2.24) is 4.98 Å². The van der Waals surface area contributed by atoms with Crippen LogP contribution in [0.15, 0.2) is 30.3 Å². The Balaban J connectivity index is 2.53. The second-order valence-corrected chi connectivity index (χ2v) is 4.41. The summed E-state index contributed by atoms with van der Waals surface area (Å²) < 4.78 is 10.6. The highest BCUT2D eigenvalue weighted by Gasteiger charge is 2.10. The lowest BCUT2D eigenvalue weighted by Gasteiger charge is -2.11. The fourth-order valence-corrected chi connectivity index (χ4v) is 2.18. The highest BCUT2D eigenvalue weighted by atomic mass is 35.5. The van der Waals surface area contributed by atoms with Crippen LogP contribution < -0.4 is 9.47 Å². The van der Waals surface area contributed by atoms with E-state index in [1.165, 1.54) is 0 Å². The Bertz CT molecular complexity index is 584. The van der Waals surface area contributed by atoms with E-state index in [2.05, 4.69) is 4.98 Å². The van der Waals surface area contributed by atoms with Crippen molar-refractivity contribution in [2.75, 3.05) is 14.2 Å². The maximum atomic E-state index is 5.85. The summed E-state index contributed by atoms with van der Waals surface area (Å²) in [6.07, 6.45) is 0. The van der Waals surface area contributed by atoms with Crippen LogP contribution in [0.5, 0.6) is 11.5 Å². The summed E-state index contributed by atoms with van der Waals surface area (Å²) in [5, 5.41) is 0. The minimum atomic E-state index is 0.467. The molecule has 19 heavy (non-hydrogen) atoms. The summed E-state index contributed by atoms with van der Waals surface area (Å²) in [6, 6.07) is 9.59. The third kappa shape index (κ3) is 2.82. The summed E-state index contributed by atoms with van der Waals surface area (Å²) >= 11 is 5.85. The third-order valence-electron chi connectivity index (χ3n) is 3.02. The van der Waals surface area contributed by atoms with Crippen molar-refractivity contribution in [2.45, 2.75) is 12.8 Å². The van der Waals surface area contributed by atoms with E-state index < -0.39 is 0 Å². The maximum Gasteiger partial charge on any atom is 0.128 e. The van der Waals surface area contributed by atoms with Crippen LogP contribution in [0.1, 0.15) is 11.3 Å². The van der Waals surface area contributed by atoms with E-state index in [1.807, 2.05) is 37.3 Å². The number of methoxy groups -OCH3 is 2. The Morgan fingerprint density at radius 3 is 2.47 bits per heavy atom. The molecule has 0 saturated carbocycles. The summed E-state index contributed by atoms with van der Waals surface area (Å²) in [4.78, 5) is 4.58. The molecule has 0 spiro atoms. The van der Waals surface area contributed by atoms with E-state index in [1.54, 1.807) is 14.2 Å². The molecule has 100 valence electrons. The van der Waals surface area contributed by atoms with Crippen LogP contribution >= 0.6 is 11.6 Å². The van der Waals surface area contributed by atoms with Crippen molar-refractivity contribution in [3.63, 3.8) is 0 Å². The van der Waals surface area contributed by atoms with Gasteiger partial charge in [0.05, 0.1) is 19.9 Å². The van der Waals surface area contributed by atoms with Gasteiger partial charge in [0.1, 0.15) is 11.5 Å². The van der Waals surface area contributed by atoms with Crippen LogP contribution in [0.2, 0.25) is 0 Å². The molecule has 0 unspecified atom stereocenters. The van der Waals surface area contributed by atoms with Crippen molar-refractivity contribution in [1.29, 1.82) is 0 Å². The molecule has 0 aliphatic heterocycles. The molecule has 0 radical (unpaired) electrons. The first-order valence-electron chi connectivity index (χ1n) is 5.94. The van der Waals surface area contributed by atoms with Crippen LogP contribution in [0.25, 0.3) is 11.3 Å². The molecule has 1 heterocycles. The molecule has 0 aliphatic carbocycles. The monoisotopic (exact) mass is 277 g/mol. The van der Waals surface area contributed by atoms with Crippen LogP contribution in [0.3, 0.4) is 0 Å². The number of halogens is 1. The number of ether oxygens (including phenoxy) is 2. The number of rotatable bonds is 4. The maximum absolute atomic E-state index is 5.85. The third-order valence-corrected chi connectivity index (χ3v) is 3.31. The predicted octanol–water partition coefficient (Wildman–Crippen LogP) is 3.81. The second kappa shape index (κ2) is 5.93. The van der Waals surface area contributed by atoms with Crippen LogP contribution in [0, 0.1) is 6.92 Å². The molecule has 0 aliphatic rings. The van der Waals surface area contributed by atoms with E-state index in [-0.39, 0.29) is 0 Å². The average molecular weight is 278 g/mol. The molecule has 1 aromatic heterocycles. The molecule has 2 aromatic rings. The van der Waals surface area contributed by atoms with Crippen LogP contribution in [0.4, 0.5) is 0 Å². The number of hydrogen-bond acceptors (Lipinski definition) is 3. The van der Waals surface area contributed by atoms with Crippen molar-refractivity contribution < 1.29 is 9.47 Å². The fourth-order valence-electron chi connectivity index (χ4n) is 1.90. The molecule has 0 amide bonds. The summed E-state index contributed by atoms with van der Waals surface area (Å²) in [7, 11) is 3.28. The lowest BCUT2D eigenvalue weighted by molar-refractivity contribution is 0.404. The Morgan fingerprint density at radius 2 is 1.89 bits per heavy atom. The van der Waals surface area contributed by atoms with Gasteiger partial charge in [-0.2, -0.15) is 0 Å². The quantitative estimate of drug-likeness (QED) is 0.796. The number of nitrogens with zero attached hydrogens (tertiary/aromatic N) is 1. The largest absolute Gasteiger partial charge is 0.497 e. The molecule has 0 atom stereocenters. The molecular weight excluding hydrogens is 262 g/mol. The number of aromatic nitrogens is 1. The van der Waals surface area contributed by atoms with Crippen LogP contribution in [-0.2, 0) is 5.88 Å². The van der Waals surface area contributed by atoms with Gasteiger partial charge in [0.25, 0.3) is 0 Å². The van der Waals surface area contributed by atoms with Gasteiger partial charge < -0.3 is 9.47 Å².